The molecule has 0 aliphatic rings. The number of carbonyl (C=O) groups is 1. The van der Waals surface area contributed by atoms with Gasteiger partial charge in [-0.05, 0) is 13.0 Å². The summed E-state index contributed by atoms with van der Waals surface area (Å²) in [5.41, 5.74) is 0. The van der Waals surface area contributed by atoms with Crippen LogP contribution in [0.3, 0.4) is 0 Å². The van der Waals surface area contributed by atoms with Crippen molar-refractivity contribution in [2.75, 3.05) is 25.1 Å². The van der Waals surface area contributed by atoms with E-state index < -0.39 is 0 Å². The van der Waals surface area contributed by atoms with Crippen LogP contribution in [-0.4, -0.2) is 35.7 Å². The lowest BCUT2D eigenvalue weighted by molar-refractivity contribution is -0.111. The van der Waals surface area contributed by atoms with Crippen LogP contribution in [0.1, 0.15) is 6.92 Å². The molecule has 1 amide bonds. The third-order valence-corrected chi connectivity index (χ3v) is 1.75. The minimum absolute atomic E-state index is 0.329. The summed E-state index contributed by atoms with van der Waals surface area (Å²) in [4.78, 5) is 18.9. The monoisotopic (exact) mass is 237 g/mol. The summed E-state index contributed by atoms with van der Waals surface area (Å²) in [5, 5.41) is 2.48. The van der Waals surface area contributed by atoms with Crippen LogP contribution in [0.4, 0.5) is 5.82 Å². The maximum Gasteiger partial charge on any atom is 0.248 e. The summed E-state index contributed by atoms with van der Waals surface area (Å²) in [5.74, 6) is 0.415. The molecule has 17 heavy (non-hydrogen) atoms. The largest absolute Gasteiger partial charge is 0.474 e. The van der Waals surface area contributed by atoms with E-state index in [-0.39, 0.29) is 5.91 Å². The fraction of sp³-hybridized carbons (Fsp3) is 0.364. The minimum Gasteiger partial charge on any atom is -0.474 e. The lowest BCUT2D eigenvalue weighted by Gasteiger charge is -2.05. The van der Waals surface area contributed by atoms with Crippen molar-refractivity contribution >= 4 is 11.7 Å². The van der Waals surface area contributed by atoms with E-state index in [0.717, 1.165) is 6.08 Å². The standard InChI is InChI=1S/C11H15N3O3/c1-3-10(15)14-9-7-13-11(8-12-9)17-6-5-16-4-2/h3,7-8H,1,4-6H2,2H3,(H,12,14,15). The molecular formula is C11H15N3O3. The van der Waals surface area contributed by atoms with Crippen LogP contribution in [-0.2, 0) is 9.53 Å². The summed E-state index contributed by atoms with van der Waals surface area (Å²) in [7, 11) is 0. The molecule has 0 fully saturated rings. The van der Waals surface area contributed by atoms with Crippen LogP contribution in [0, 0.1) is 0 Å². The first kappa shape index (κ1) is 13.1. The maximum atomic E-state index is 11.0. The van der Waals surface area contributed by atoms with Crippen LogP contribution in [0.5, 0.6) is 5.88 Å². The van der Waals surface area contributed by atoms with E-state index in [0.29, 0.717) is 31.5 Å². The Morgan fingerprint density at radius 3 is 2.88 bits per heavy atom. The Morgan fingerprint density at radius 1 is 1.47 bits per heavy atom. The molecule has 0 aromatic carbocycles. The lowest BCUT2D eigenvalue weighted by Crippen LogP contribution is -2.10. The minimum atomic E-state index is -0.329. The van der Waals surface area contributed by atoms with Crippen LogP contribution < -0.4 is 10.1 Å². The van der Waals surface area contributed by atoms with E-state index >= 15 is 0 Å². The van der Waals surface area contributed by atoms with Gasteiger partial charge < -0.3 is 14.8 Å². The predicted molar refractivity (Wildman–Crippen MR) is 62.8 cm³/mol. The van der Waals surface area contributed by atoms with Gasteiger partial charge in [0, 0.05) is 6.61 Å². The number of anilines is 1. The van der Waals surface area contributed by atoms with Gasteiger partial charge in [-0.25, -0.2) is 9.97 Å². The molecule has 92 valence electrons. The third kappa shape index (κ3) is 5.07. The molecule has 1 rings (SSSR count). The fourth-order valence-electron chi connectivity index (χ4n) is 0.982. The molecule has 0 radical (unpaired) electrons. The number of hydrogen-bond donors (Lipinski definition) is 1. The predicted octanol–water partition coefficient (Wildman–Crippen LogP) is 1.02. The zero-order chi connectivity index (χ0) is 12.5. The highest BCUT2D eigenvalue weighted by Gasteiger charge is 2.00. The van der Waals surface area contributed by atoms with Crippen molar-refractivity contribution in [3.8, 4) is 5.88 Å². The van der Waals surface area contributed by atoms with Crippen molar-refractivity contribution in [2.24, 2.45) is 0 Å². The second-order valence-corrected chi connectivity index (χ2v) is 2.98. The smallest absolute Gasteiger partial charge is 0.248 e. The van der Waals surface area contributed by atoms with Crippen molar-refractivity contribution < 1.29 is 14.3 Å². The van der Waals surface area contributed by atoms with Gasteiger partial charge in [0.05, 0.1) is 19.0 Å². The Balaban J connectivity index is 2.39. The highest BCUT2D eigenvalue weighted by atomic mass is 16.5. The number of amides is 1. The molecule has 6 nitrogen and oxygen atoms in total. The van der Waals surface area contributed by atoms with Gasteiger partial charge in [0.15, 0.2) is 5.82 Å². The first-order valence-electron chi connectivity index (χ1n) is 5.22. The lowest BCUT2D eigenvalue weighted by atomic mass is 10.5. The molecule has 0 aliphatic heterocycles. The fourth-order valence-corrected chi connectivity index (χ4v) is 0.982. The Hall–Kier alpha value is -1.95. The molecule has 1 heterocycles. The number of carbonyl (C=O) groups excluding carboxylic acids is 1. The van der Waals surface area contributed by atoms with Gasteiger partial charge in [0.2, 0.25) is 11.8 Å². The highest BCUT2D eigenvalue weighted by Crippen LogP contribution is 2.07. The molecule has 6 heteroatoms. The molecular weight excluding hydrogens is 222 g/mol. The van der Waals surface area contributed by atoms with Crippen molar-refractivity contribution in [2.45, 2.75) is 6.92 Å². The summed E-state index contributed by atoms with van der Waals surface area (Å²) in [6.07, 6.45) is 4.01. The van der Waals surface area contributed by atoms with Gasteiger partial charge >= 0.3 is 0 Å². The summed E-state index contributed by atoms with van der Waals surface area (Å²) >= 11 is 0. The Bertz CT molecular complexity index is 365. The molecule has 1 aromatic heterocycles. The molecule has 1 aromatic rings. The van der Waals surface area contributed by atoms with Gasteiger partial charge in [0.25, 0.3) is 0 Å². The van der Waals surface area contributed by atoms with Crippen LogP contribution >= 0.6 is 0 Å². The van der Waals surface area contributed by atoms with Gasteiger partial charge in [-0.15, -0.1) is 0 Å². The summed E-state index contributed by atoms with van der Waals surface area (Å²) in [6, 6.07) is 0. The number of rotatable bonds is 7. The highest BCUT2D eigenvalue weighted by molar-refractivity contribution is 5.98. The van der Waals surface area contributed by atoms with Gasteiger partial charge in [-0.2, -0.15) is 0 Å². The average molecular weight is 237 g/mol. The van der Waals surface area contributed by atoms with Crippen LogP contribution in [0.2, 0.25) is 0 Å². The van der Waals surface area contributed by atoms with E-state index in [1.165, 1.54) is 12.4 Å². The molecule has 0 unspecified atom stereocenters. The van der Waals surface area contributed by atoms with Crippen molar-refractivity contribution in [1.82, 2.24) is 9.97 Å². The average Bonchev–Trinajstić information content (AvgIpc) is 2.36. The van der Waals surface area contributed by atoms with E-state index in [1.807, 2.05) is 6.92 Å². The first-order valence-corrected chi connectivity index (χ1v) is 5.22. The second kappa shape index (κ2) is 7.34. The van der Waals surface area contributed by atoms with Gasteiger partial charge in [-0.1, -0.05) is 6.58 Å². The van der Waals surface area contributed by atoms with E-state index in [9.17, 15) is 4.79 Å². The molecule has 0 atom stereocenters. The molecule has 0 saturated carbocycles. The number of ether oxygens (including phenoxy) is 2. The van der Waals surface area contributed by atoms with Crippen LogP contribution in [0.15, 0.2) is 25.0 Å². The van der Waals surface area contributed by atoms with Gasteiger partial charge in [0.1, 0.15) is 6.61 Å². The zero-order valence-corrected chi connectivity index (χ0v) is 9.68. The SMILES string of the molecule is C=CC(=O)Nc1cnc(OCCOCC)cn1. The van der Waals surface area contributed by atoms with E-state index in [1.54, 1.807) is 0 Å². The molecule has 0 saturated heterocycles. The first-order chi connectivity index (χ1) is 8.26. The normalized spacial score (nSPS) is 9.71. The number of hydrogen-bond acceptors (Lipinski definition) is 5. The number of nitrogens with one attached hydrogen (secondary N) is 1. The summed E-state index contributed by atoms with van der Waals surface area (Å²) < 4.78 is 10.4. The Labute approximate surface area is 99.7 Å². The number of nitrogens with zero attached hydrogens (tertiary/aromatic N) is 2. The van der Waals surface area contributed by atoms with E-state index in [2.05, 4.69) is 21.9 Å². The topological polar surface area (TPSA) is 73.3 Å². The summed E-state index contributed by atoms with van der Waals surface area (Å²) in [6.45, 7) is 6.83. The van der Waals surface area contributed by atoms with Crippen LogP contribution in [0.25, 0.3) is 0 Å². The van der Waals surface area contributed by atoms with Crippen molar-refractivity contribution in [3.63, 3.8) is 0 Å². The molecule has 0 aliphatic carbocycles. The number of aromatic nitrogens is 2. The Kier molecular flexibility index (Phi) is 5.67. The van der Waals surface area contributed by atoms with Crippen molar-refractivity contribution in [3.05, 3.63) is 25.0 Å². The Morgan fingerprint density at radius 2 is 2.29 bits per heavy atom. The quantitative estimate of drug-likeness (QED) is 0.566. The second-order valence-electron chi connectivity index (χ2n) is 2.98. The van der Waals surface area contributed by atoms with Gasteiger partial charge in [-0.3, -0.25) is 4.79 Å². The maximum absolute atomic E-state index is 11.0. The molecule has 0 bridgehead atoms. The third-order valence-electron chi connectivity index (χ3n) is 1.75. The zero-order valence-electron chi connectivity index (χ0n) is 9.68. The molecule has 0 spiro atoms. The van der Waals surface area contributed by atoms with Crippen molar-refractivity contribution in [1.29, 1.82) is 0 Å². The van der Waals surface area contributed by atoms with E-state index in [4.69, 9.17) is 9.47 Å². The molecule has 1 N–H and O–H groups in total.